The van der Waals surface area contributed by atoms with Gasteiger partial charge in [-0.15, -0.1) is 0 Å². The number of pyridine rings is 1. The molecule has 1 fully saturated rings. The summed E-state index contributed by atoms with van der Waals surface area (Å²) < 4.78 is 7.60. The maximum Gasteiger partial charge on any atom is 0.164 e. The summed E-state index contributed by atoms with van der Waals surface area (Å²) in [5, 5.41) is 7.62. The van der Waals surface area contributed by atoms with Gasteiger partial charge < -0.3 is 10.1 Å². The third-order valence-corrected chi connectivity index (χ3v) is 3.45. The average molecular weight is 287 g/mol. The predicted molar refractivity (Wildman–Crippen MR) is 78.7 cm³/mol. The number of ether oxygens (including phenoxy) is 1. The van der Waals surface area contributed by atoms with E-state index in [0.29, 0.717) is 12.6 Å². The summed E-state index contributed by atoms with van der Waals surface area (Å²) in [6.07, 6.45) is 6.95. The van der Waals surface area contributed by atoms with Crippen molar-refractivity contribution in [2.24, 2.45) is 0 Å². The number of aryl methyl sites for hydroxylation is 1. The normalized spacial score (nSPS) is 14.3. The number of rotatable bonds is 8. The van der Waals surface area contributed by atoms with Crippen LogP contribution in [-0.4, -0.2) is 25.8 Å². The second-order valence-electron chi connectivity index (χ2n) is 5.33. The van der Waals surface area contributed by atoms with Crippen LogP contribution in [0.15, 0.2) is 24.7 Å². The summed E-state index contributed by atoms with van der Waals surface area (Å²) in [6.45, 7) is 4.23. The summed E-state index contributed by atoms with van der Waals surface area (Å²) in [5.41, 5.74) is 1.04. The van der Waals surface area contributed by atoms with Crippen LogP contribution in [0, 0.1) is 0 Å². The highest BCUT2D eigenvalue weighted by Crippen LogP contribution is 2.19. The molecule has 0 unspecified atom stereocenters. The van der Waals surface area contributed by atoms with Crippen LogP contribution in [-0.2, 0) is 19.7 Å². The SMILES string of the molecule is CCCn1ncnc1COc1ccc(CNC2CC2)nc1. The zero-order valence-corrected chi connectivity index (χ0v) is 12.3. The first-order valence-corrected chi connectivity index (χ1v) is 7.53. The molecule has 2 aromatic heterocycles. The number of nitrogens with one attached hydrogen (secondary N) is 1. The molecule has 0 aliphatic heterocycles. The van der Waals surface area contributed by atoms with Gasteiger partial charge in [-0.2, -0.15) is 5.10 Å². The van der Waals surface area contributed by atoms with Crippen molar-refractivity contribution in [3.05, 3.63) is 36.2 Å². The topological polar surface area (TPSA) is 64.9 Å². The summed E-state index contributed by atoms with van der Waals surface area (Å²) in [6, 6.07) is 4.66. The van der Waals surface area contributed by atoms with E-state index < -0.39 is 0 Å². The van der Waals surface area contributed by atoms with Crippen molar-refractivity contribution in [2.45, 2.75) is 51.9 Å². The molecule has 0 radical (unpaired) electrons. The van der Waals surface area contributed by atoms with Crippen LogP contribution in [0.2, 0.25) is 0 Å². The van der Waals surface area contributed by atoms with E-state index in [1.165, 1.54) is 12.8 Å². The summed E-state index contributed by atoms with van der Waals surface area (Å²) >= 11 is 0. The van der Waals surface area contributed by atoms with Crippen molar-refractivity contribution < 1.29 is 4.74 Å². The van der Waals surface area contributed by atoms with Crippen molar-refractivity contribution in [3.63, 3.8) is 0 Å². The summed E-state index contributed by atoms with van der Waals surface area (Å²) in [5.74, 6) is 1.60. The number of nitrogens with zero attached hydrogens (tertiary/aromatic N) is 4. The molecular formula is C15H21N5O. The minimum absolute atomic E-state index is 0.418. The van der Waals surface area contributed by atoms with Crippen LogP contribution in [0.25, 0.3) is 0 Å². The zero-order valence-electron chi connectivity index (χ0n) is 12.3. The zero-order chi connectivity index (χ0) is 14.5. The van der Waals surface area contributed by atoms with Crippen LogP contribution in [0.4, 0.5) is 0 Å². The molecule has 2 heterocycles. The third kappa shape index (κ3) is 4.01. The molecule has 0 amide bonds. The van der Waals surface area contributed by atoms with Crippen molar-refractivity contribution in [1.82, 2.24) is 25.1 Å². The molecule has 112 valence electrons. The Morgan fingerprint density at radius 3 is 2.95 bits per heavy atom. The molecule has 0 atom stereocenters. The van der Waals surface area contributed by atoms with Gasteiger partial charge in [-0.1, -0.05) is 6.92 Å². The van der Waals surface area contributed by atoms with E-state index in [4.69, 9.17) is 4.74 Å². The Morgan fingerprint density at radius 2 is 2.24 bits per heavy atom. The molecule has 1 aliphatic rings. The summed E-state index contributed by atoms with van der Waals surface area (Å²) in [7, 11) is 0. The highest BCUT2D eigenvalue weighted by Gasteiger charge is 2.20. The van der Waals surface area contributed by atoms with Crippen molar-refractivity contribution in [2.75, 3.05) is 0 Å². The Hall–Kier alpha value is -1.95. The molecule has 6 heteroatoms. The van der Waals surface area contributed by atoms with Gasteiger partial charge in [0.15, 0.2) is 5.82 Å². The Morgan fingerprint density at radius 1 is 1.33 bits per heavy atom. The van der Waals surface area contributed by atoms with E-state index in [2.05, 4.69) is 27.3 Å². The van der Waals surface area contributed by atoms with E-state index in [1.807, 2.05) is 16.8 Å². The van der Waals surface area contributed by atoms with E-state index in [1.54, 1.807) is 12.5 Å². The molecule has 0 bridgehead atoms. The maximum absolute atomic E-state index is 5.72. The van der Waals surface area contributed by atoms with Crippen molar-refractivity contribution >= 4 is 0 Å². The molecule has 0 spiro atoms. The predicted octanol–water partition coefficient (Wildman–Crippen LogP) is 1.91. The Labute approximate surface area is 124 Å². The van der Waals surface area contributed by atoms with Crippen molar-refractivity contribution in [1.29, 1.82) is 0 Å². The second-order valence-corrected chi connectivity index (χ2v) is 5.33. The Bertz CT molecular complexity index is 562. The number of hydrogen-bond donors (Lipinski definition) is 1. The molecular weight excluding hydrogens is 266 g/mol. The van der Waals surface area contributed by atoms with Gasteiger partial charge >= 0.3 is 0 Å². The maximum atomic E-state index is 5.72. The fourth-order valence-electron chi connectivity index (χ4n) is 2.08. The van der Waals surface area contributed by atoms with Gasteiger partial charge in [0.2, 0.25) is 0 Å². The lowest BCUT2D eigenvalue weighted by Crippen LogP contribution is -2.16. The number of aromatic nitrogens is 4. The highest BCUT2D eigenvalue weighted by molar-refractivity contribution is 5.20. The average Bonchev–Trinajstić information content (AvgIpc) is 3.24. The minimum Gasteiger partial charge on any atom is -0.484 e. The molecule has 1 saturated carbocycles. The molecule has 21 heavy (non-hydrogen) atoms. The van der Waals surface area contributed by atoms with Gasteiger partial charge in [0.05, 0.1) is 11.9 Å². The first-order chi connectivity index (χ1) is 10.3. The first-order valence-electron chi connectivity index (χ1n) is 7.53. The van der Waals surface area contributed by atoms with E-state index in [-0.39, 0.29) is 0 Å². The quantitative estimate of drug-likeness (QED) is 0.803. The second kappa shape index (κ2) is 6.67. The van der Waals surface area contributed by atoms with Gasteiger partial charge in [0, 0.05) is 19.1 Å². The van der Waals surface area contributed by atoms with Crippen LogP contribution >= 0.6 is 0 Å². The van der Waals surface area contributed by atoms with Gasteiger partial charge in [-0.3, -0.25) is 4.98 Å². The van der Waals surface area contributed by atoms with Gasteiger partial charge in [0.25, 0.3) is 0 Å². The molecule has 6 nitrogen and oxygen atoms in total. The van der Waals surface area contributed by atoms with Crippen LogP contribution < -0.4 is 10.1 Å². The third-order valence-electron chi connectivity index (χ3n) is 3.45. The lowest BCUT2D eigenvalue weighted by molar-refractivity contribution is 0.285. The van der Waals surface area contributed by atoms with Gasteiger partial charge in [-0.05, 0) is 31.4 Å². The van der Waals surface area contributed by atoms with Gasteiger partial charge in [0.1, 0.15) is 18.7 Å². The molecule has 0 saturated heterocycles. The Kier molecular flexibility index (Phi) is 4.45. The molecule has 1 N–H and O–H groups in total. The molecule has 0 aromatic carbocycles. The molecule has 2 aromatic rings. The summed E-state index contributed by atoms with van der Waals surface area (Å²) in [4.78, 5) is 8.63. The fourth-order valence-corrected chi connectivity index (χ4v) is 2.08. The molecule has 1 aliphatic carbocycles. The largest absolute Gasteiger partial charge is 0.484 e. The lowest BCUT2D eigenvalue weighted by Gasteiger charge is -2.08. The van der Waals surface area contributed by atoms with Crippen LogP contribution in [0.1, 0.15) is 37.7 Å². The monoisotopic (exact) mass is 287 g/mol. The van der Waals surface area contributed by atoms with E-state index in [0.717, 1.165) is 36.8 Å². The number of hydrogen-bond acceptors (Lipinski definition) is 5. The smallest absolute Gasteiger partial charge is 0.164 e. The van der Waals surface area contributed by atoms with Crippen LogP contribution in [0.5, 0.6) is 5.75 Å². The van der Waals surface area contributed by atoms with E-state index >= 15 is 0 Å². The molecule has 3 rings (SSSR count). The Balaban J connectivity index is 1.51. The minimum atomic E-state index is 0.418. The first kappa shape index (κ1) is 14.0. The van der Waals surface area contributed by atoms with Gasteiger partial charge in [-0.25, -0.2) is 9.67 Å². The lowest BCUT2D eigenvalue weighted by atomic mass is 10.3. The van der Waals surface area contributed by atoms with Crippen molar-refractivity contribution in [3.8, 4) is 5.75 Å². The standard InChI is InChI=1S/C15H21N5O/c1-2-7-20-15(18-11-19-20)10-21-14-6-5-13(17-9-14)8-16-12-3-4-12/h5-6,9,11-12,16H,2-4,7-8,10H2,1H3. The van der Waals surface area contributed by atoms with E-state index in [9.17, 15) is 0 Å². The van der Waals surface area contributed by atoms with Crippen LogP contribution in [0.3, 0.4) is 0 Å². The fraction of sp³-hybridized carbons (Fsp3) is 0.533. The highest BCUT2D eigenvalue weighted by atomic mass is 16.5.